The molecular weight excluding hydrogens is 204 g/mol. The van der Waals surface area contributed by atoms with Gasteiger partial charge >= 0.3 is 6.09 Å². The third-order valence-electron chi connectivity index (χ3n) is 2.44. The summed E-state index contributed by atoms with van der Waals surface area (Å²) in [6, 6.07) is 0. The Morgan fingerprint density at radius 1 is 1.25 bits per heavy atom. The Morgan fingerprint density at radius 3 is 2.06 bits per heavy atom. The minimum atomic E-state index is -0.375. The van der Waals surface area contributed by atoms with Gasteiger partial charge in [0.05, 0.1) is 0 Å². The SMILES string of the molecule is CC1CCN(C(=O)OC(C)(C)C)CC1.CN. The second-order valence-electron chi connectivity index (χ2n) is 5.15. The molecule has 0 aliphatic carbocycles. The van der Waals surface area contributed by atoms with E-state index in [2.05, 4.69) is 12.7 Å². The molecule has 16 heavy (non-hydrogen) atoms. The van der Waals surface area contributed by atoms with Crippen molar-refractivity contribution in [2.75, 3.05) is 20.1 Å². The number of carbonyl (C=O) groups is 1. The van der Waals surface area contributed by atoms with Crippen molar-refractivity contribution in [2.45, 2.75) is 46.1 Å². The Balaban J connectivity index is 0.00000106. The fourth-order valence-electron chi connectivity index (χ4n) is 1.52. The largest absolute Gasteiger partial charge is 0.444 e. The molecule has 0 bridgehead atoms. The molecule has 0 radical (unpaired) electrons. The summed E-state index contributed by atoms with van der Waals surface area (Å²) in [5.41, 5.74) is 4.13. The van der Waals surface area contributed by atoms with Gasteiger partial charge in [-0.15, -0.1) is 0 Å². The molecule has 1 aliphatic rings. The number of hydrogen-bond donors (Lipinski definition) is 1. The molecule has 0 unspecified atom stereocenters. The fourth-order valence-corrected chi connectivity index (χ4v) is 1.52. The van der Waals surface area contributed by atoms with Gasteiger partial charge in [-0.05, 0) is 46.6 Å². The molecule has 1 saturated heterocycles. The molecular formula is C12H26N2O2. The van der Waals surface area contributed by atoms with E-state index in [9.17, 15) is 4.79 Å². The van der Waals surface area contributed by atoms with Gasteiger partial charge in [-0.25, -0.2) is 4.79 Å². The van der Waals surface area contributed by atoms with Gasteiger partial charge in [-0.1, -0.05) is 6.92 Å². The highest BCUT2D eigenvalue weighted by molar-refractivity contribution is 5.68. The standard InChI is InChI=1S/C11H21NO2.CH5N/c1-9-5-7-12(8-6-9)10(13)14-11(2,3)4;1-2/h9H,5-8H2,1-4H3;2H2,1H3. The second kappa shape index (κ2) is 6.74. The van der Waals surface area contributed by atoms with E-state index >= 15 is 0 Å². The van der Waals surface area contributed by atoms with Crippen molar-refractivity contribution in [3.8, 4) is 0 Å². The summed E-state index contributed by atoms with van der Waals surface area (Å²) >= 11 is 0. The van der Waals surface area contributed by atoms with E-state index in [0.717, 1.165) is 31.8 Å². The van der Waals surface area contributed by atoms with E-state index in [0.29, 0.717) is 0 Å². The summed E-state index contributed by atoms with van der Waals surface area (Å²) in [5, 5.41) is 0. The number of likely N-dealkylation sites (tertiary alicyclic amines) is 1. The topological polar surface area (TPSA) is 55.6 Å². The number of ether oxygens (including phenoxy) is 1. The number of carbonyl (C=O) groups excluding carboxylic acids is 1. The molecule has 1 aliphatic heterocycles. The normalized spacial score (nSPS) is 17.5. The molecule has 0 atom stereocenters. The van der Waals surface area contributed by atoms with Crippen LogP contribution in [-0.2, 0) is 4.74 Å². The molecule has 0 aromatic carbocycles. The van der Waals surface area contributed by atoms with Crippen LogP contribution in [0.3, 0.4) is 0 Å². The zero-order chi connectivity index (χ0) is 12.8. The number of hydrogen-bond acceptors (Lipinski definition) is 3. The van der Waals surface area contributed by atoms with Gasteiger partial charge in [-0.3, -0.25) is 0 Å². The van der Waals surface area contributed by atoms with Gasteiger partial charge in [0.2, 0.25) is 0 Å². The third kappa shape index (κ3) is 5.95. The first-order valence-electron chi connectivity index (χ1n) is 5.94. The molecule has 1 rings (SSSR count). The number of rotatable bonds is 0. The maximum absolute atomic E-state index is 11.6. The fraction of sp³-hybridized carbons (Fsp3) is 0.917. The van der Waals surface area contributed by atoms with Crippen molar-refractivity contribution in [3.63, 3.8) is 0 Å². The highest BCUT2D eigenvalue weighted by Crippen LogP contribution is 2.18. The Morgan fingerprint density at radius 2 is 1.69 bits per heavy atom. The van der Waals surface area contributed by atoms with Gasteiger partial charge in [0.1, 0.15) is 5.60 Å². The minimum absolute atomic E-state index is 0.163. The van der Waals surface area contributed by atoms with Gasteiger partial charge in [0, 0.05) is 13.1 Å². The van der Waals surface area contributed by atoms with Crippen molar-refractivity contribution in [1.82, 2.24) is 4.90 Å². The number of nitrogens with zero attached hydrogens (tertiary/aromatic N) is 1. The Bertz CT molecular complexity index is 204. The van der Waals surface area contributed by atoms with Gasteiger partial charge in [0.25, 0.3) is 0 Å². The van der Waals surface area contributed by atoms with Crippen LogP contribution >= 0.6 is 0 Å². The summed E-state index contributed by atoms with van der Waals surface area (Å²) in [4.78, 5) is 13.4. The van der Waals surface area contributed by atoms with Crippen molar-refractivity contribution >= 4 is 6.09 Å². The smallest absolute Gasteiger partial charge is 0.410 e. The molecule has 0 aromatic heterocycles. The van der Waals surface area contributed by atoms with Crippen molar-refractivity contribution in [1.29, 1.82) is 0 Å². The average molecular weight is 230 g/mol. The molecule has 1 heterocycles. The lowest BCUT2D eigenvalue weighted by Gasteiger charge is -2.32. The van der Waals surface area contributed by atoms with Crippen LogP contribution in [0, 0.1) is 5.92 Å². The van der Waals surface area contributed by atoms with Crippen LogP contribution in [0.15, 0.2) is 0 Å². The van der Waals surface area contributed by atoms with Crippen LogP contribution in [0.4, 0.5) is 4.79 Å². The average Bonchev–Trinajstić information content (AvgIpc) is 2.19. The number of amides is 1. The van der Waals surface area contributed by atoms with Gasteiger partial charge in [0.15, 0.2) is 0 Å². The van der Waals surface area contributed by atoms with Crippen LogP contribution in [0.1, 0.15) is 40.5 Å². The third-order valence-corrected chi connectivity index (χ3v) is 2.44. The van der Waals surface area contributed by atoms with Crippen molar-refractivity contribution in [2.24, 2.45) is 11.7 Å². The lowest BCUT2D eigenvalue weighted by molar-refractivity contribution is 0.0190. The molecule has 1 amide bonds. The zero-order valence-corrected chi connectivity index (χ0v) is 11.2. The van der Waals surface area contributed by atoms with Crippen molar-refractivity contribution < 1.29 is 9.53 Å². The van der Waals surface area contributed by atoms with Crippen LogP contribution < -0.4 is 5.73 Å². The van der Waals surface area contributed by atoms with Crippen LogP contribution in [0.2, 0.25) is 0 Å². The van der Waals surface area contributed by atoms with E-state index in [1.165, 1.54) is 7.05 Å². The predicted octanol–water partition coefficient (Wildman–Crippen LogP) is 2.23. The first-order valence-corrected chi connectivity index (χ1v) is 5.94. The summed E-state index contributed by atoms with van der Waals surface area (Å²) in [6.45, 7) is 9.62. The highest BCUT2D eigenvalue weighted by Gasteiger charge is 2.24. The summed E-state index contributed by atoms with van der Waals surface area (Å²) < 4.78 is 5.30. The monoisotopic (exact) mass is 230 g/mol. The minimum Gasteiger partial charge on any atom is -0.444 e. The molecule has 0 aromatic rings. The molecule has 0 spiro atoms. The van der Waals surface area contributed by atoms with E-state index in [1.807, 2.05) is 25.7 Å². The Labute approximate surface area is 99.1 Å². The summed E-state index contributed by atoms with van der Waals surface area (Å²) in [6.07, 6.45) is 2.03. The predicted molar refractivity (Wildman–Crippen MR) is 66.3 cm³/mol. The van der Waals surface area contributed by atoms with Crippen LogP contribution in [0.25, 0.3) is 0 Å². The number of nitrogens with two attached hydrogens (primary N) is 1. The van der Waals surface area contributed by atoms with E-state index in [-0.39, 0.29) is 11.7 Å². The molecule has 2 N–H and O–H groups in total. The first-order chi connectivity index (χ1) is 7.38. The lowest BCUT2D eigenvalue weighted by atomic mass is 10.00. The second-order valence-corrected chi connectivity index (χ2v) is 5.15. The van der Waals surface area contributed by atoms with Gasteiger partial charge in [-0.2, -0.15) is 0 Å². The quantitative estimate of drug-likeness (QED) is 0.694. The highest BCUT2D eigenvalue weighted by atomic mass is 16.6. The van der Waals surface area contributed by atoms with Crippen molar-refractivity contribution in [3.05, 3.63) is 0 Å². The Hall–Kier alpha value is -0.770. The Kier molecular flexibility index (Phi) is 6.41. The molecule has 1 fully saturated rings. The lowest BCUT2D eigenvalue weighted by Crippen LogP contribution is -2.41. The summed E-state index contributed by atoms with van der Waals surface area (Å²) in [5.74, 6) is 0.744. The maximum atomic E-state index is 11.6. The maximum Gasteiger partial charge on any atom is 0.410 e. The number of piperidine rings is 1. The first kappa shape index (κ1) is 15.2. The molecule has 0 saturated carbocycles. The molecule has 4 heteroatoms. The molecule has 4 nitrogen and oxygen atoms in total. The van der Waals surface area contributed by atoms with E-state index in [1.54, 1.807) is 0 Å². The van der Waals surface area contributed by atoms with Crippen LogP contribution in [-0.4, -0.2) is 36.7 Å². The zero-order valence-electron chi connectivity index (χ0n) is 11.2. The van der Waals surface area contributed by atoms with Gasteiger partial charge < -0.3 is 15.4 Å². The molecule has 96 valence electrons. The van der Waals surface area contributed by atoms with E-state index < -0.39 is 0 Å². The van der Waals surface area contributed by atoms with Crippen LogP contribution in [0.5, 0.6) is 0 Å². The summed E-state index contributed by atoms with van der Waals surface area (Å²) in [7, 11) is 1.50. The van der Waals surface area contributed by atoms with E-state index in [4.69, 9.17) is 4.74 Å².